The van der Waals surface area contributed by atoms with Crippen LogP contribution in [0.5, 0.6) is 0 Å². The fraction of sp³-hybridized carbons (Fsp3) is 1.00. The third-order valence-corrected chi connectivity index (χ3v) is 4.19. The molecule has 0 aliphatic heterocycles. The van der Waals surface area contributed by atoms with Crippen LogP contribution in [0.15, 0.2) is 0 Å². The molecule has 0 aliphatic carbocycles. The largest absolute Gasteiger partial charge is 0.395 e. The van der Waals surface area contributed by atoms with E-state index in [0.717, 1.165) is 0 Å². The number of nitrogens with one attached hydrogen (secondary N) is 1. The molecular weight excluding hydrogens is 216 g/mol. The number of nitrogens with zero attached hydrogens (tertiary/aromatic N) is 1. The Morgan fingerprint density at radius 2 is 1.87 bits per heavy atom. The molecule has 1 atom stereocenters. The van der Waals surface area contributed by atoms with Gasteiger partial charge in [-0.1, -0.05) is 13.8 Å². The maximum Gasteiger partial charge on any atom is 0.215 e. The fourth-order valence-corrected chi connectivity index (χ4v) is 2.29. The molecule has 0 saturated carbocycles. The Morgan fingerprint density at radius 3 is 2.27 bits per heavy atom. The number of hydrogen-bond donors (Lipinski definition) is 2. The molecule has 15 heavy (non-hydrogen) atoms. The van der Waals surface area contributed by atoms with E-state index in [-0.39, 0.29) is 24.4 Å². The Hall–Kier alpha value is -0.170. The van der Waals surface area contributed by atoms with Crippen LogP contribution in [0.4, 0.5) is 0 Å². The summed E-state index contributed by atoms with van der Waals surface area (Å²) in [4.78, 5) is 0. The van der Waals surface area contributed by atoms with Gasteiger partial charge in [-0.05, 0) is 6.92 Å². The van der Waals surface area contributed by atoms with Gasteiger partial charge in [-0.15, -0.1) is 0 Å². The molecule has 0 aromatic carbocycles. The van der Waals surface area contributed by atoms with Crippen molar-refractivity contribution in [3.8, 4) is 0 Å². The second kappa shape index (κ2) is 6.42. The molecule has 0 aromatic rings. The average molecular weight is 238 g/mol. The maximum atomic E-state index is 11.7. The van der Waals surface area contributed by atoms with Gasteiger partial charge in [-0.2, -0.15) is 4.31 Å². The minimum atomic E-state index is -3.26. The van der Waals surface area contributed by atoms with Gasteiger partial charge in [0.15, 0.2) is 0 Å². The Bertz CT molecular complexity index is 265. The summed E-state index contributed by atoms with van der Waals surface area (Å²) in [6, 6.07) is -0.0881. The lowest BCUT2D eigenvalue weighted by molar-refractivity contribution is 0.214. The first kappa shape index (κ1) is 14.8. The molecule has 0 bridgehead atoms. The van der Waals surface area contributed by atoms with E-state index in [1.807, 2.05) is 13.8 Å². The highest BCUT2D eigenvalue weighted by Gasteiger charge is 2.21. The van der Waals surface area contributed by atoms with E-state index in [4.69, 9.17) is 5.11 Å². The lowest BCUT2D eigenvalue weighted by Gasteiger charge is -2.22. The summed E-state index contributed by atoms with van der Waals surface area (Å²) in [5.41, 5.74) is 0. The second-order valence-electron chi connectivity index (χ2n) is 3.97. The highest BCUT2D eigenvalue weighted by atomic mass is 32.2. The maximum absolute atomic E-state index is 11.7. The number of hydrogen-bond acceptors (Lipinski definition) is 4. The van der Waals surface area contributed by atoms with Crippen molar-refractivity contribution >= 4 is 10.0 Å². The van der Waals surface area contributed by atoms with E-state index in [0.29, 0.717) is 6.54 Å². The molecule has 2 N–H and O–H groups in total. The molecule has 1 unspecified atom stereocenters. The summed E-state index contributed by atoms with van der Waals surface area (Å²) >= 11 is 0. The first-order chi connectivity index (χ1) is 6.81. The summed E-state index contributed by atoms with van der Waals surface area (Å²) < 4.78 is 24.6. The molecule has 0 amide bonds. The van der Waals surface area contributed by atoms with E-state index in [9.17, 15) is 8.42 Å². The van der Waals surface area contributed by atoms with Crippen LogP contribution in [0.3, 0.4) is 0 Å². The van der Waals surface area contributed by atoms with Crippen molar-refractivity contribution in [2.24, 2.45) is 0 Å². The van der Waals surface area contributed by atoms with Gasteiger partial charge in [0.2, 0.25) is 10.0 Å². The highest BCUT2D eigenvalue weighted by Crippen LogP contribution is 2.03. The van der Waals surface area contributed by atoms with Gasteiger partial charge in [0.1, 0.15) is 0 Å². The monoisotopic (exact) mass is 238 g/mol. The normalized spacial score (nSPS) is 14.9. The van der Waals surface area contributed by atoms with Crippen molar-refractivity contribution in [3.63, 3.8) is 0 Å². The summed E-state index contributed by atoms with van der Waals surface area (Å²) in [5.74, 6) is 0.0615. The van der Waals surface area contributed by atoms with Crippen molar-refractivity contribution in [1.82, 2.24) is 9.62 Å². The molecule has 0 aromatic heterocycles. The third-order valence-electron chi connectivity index (χ3n) is 2.24. The number of likely N-dealkylation sites (N-methyl/N-ethyl adjacent to an activating group) is 1. The molecule has 0 heterocycles. The van der Waals surface area contributed by atoms with Crippen LogP contribution in [0.2, 0.25) is 0 Å². The lowest BCUT2D eigenvalue weighted by Crippen LogP contribution is -2.41. The summed E-state index contributed by atoms with van der Waals surface area (Å²) in [6.45, 7) is 5.88. The van der Waals surface area contributed by atoms with E-state index < -0.39 is 10.0 Å². The van der Waals surface area contributed by atoms with Crippen LogP contribution in [-0.4, -0.2) is 55.9 Å². The summed E-state index contributed by atoms with van der Waals surface area (Å²) in [7, 11) is -1.76. The van der Waals surface area contributed by atoms with Crippen molar-refractivity contribution in [1.29, 1.82) is 0 Å². The molecule has 0 radical (unpaired) electrons. The molecule has 0 saturated heterocycles. The average Bonchev–Trinajstić information content (AvgIpc) is 2.14. The van der Waals surface area contributed by atoms with Crippen molar-refractivity contribution in [2.75, 3.05) is 26.0 Å². The zero-order valence-corrected chi connectivity index (χ0v) is 10.7. The van der Waals surface area contributed by atoms with Crippen LogP contribution in [0.25, 0.3) is 0 Å². The zero-order valence-electron chi connectivity index (χ0n) is 9.90. The van der Waals surface area contributed by atoms with Gasteiger partial charge in [-0.25, -0.2) is 8.42 Å². The SMILES string of the molecule is CC(C)NCCS(=O)(=O)N(C)C(C)CO. The molecule has 6 heteroatoms. The van der Waals surface area contributed by atoms with E-state index in [1.165, 1.54) is 11.4 Å². The topological polar surface area (TPSA) is 69.6 Å². The number of aliphatic hydroxyl groups is 1. The fourth-order valence-electron chi connectivity index (χ4n) is 1.01. The minimum Gasteiger partial charge on any atom is -0.395 e. The smallest absolute Gasteiger partial charge is 0.215 e. The van der Waals surface area contributed by atoms with Crippen LogP contribution in [-0.2, 0) is 10.0 Å². The van der Waals surface area contributed by atoms with Crippen LogP contribution < -0.4 is 5.32 Å². The Morgan fingerprint density at radius 1 is 1.33 bits per heavy atom. The Kier molecular flexibility index (Phi) is 6.35. The molecule has 5 nitrogen and oxygen atoms in total. The molecule has 92 valence electrons. The third kappa shape index (κ3) is 5.46. The number of sulfonamides is 1. The standard InChI is InChI=1S/C9H22N2O3S/c1-8(2)10-5-6-15(13,14)11(4)9(3)7-12/h8-10,12H,5-7H2,1-4H3. The van der Waals surface area contributed by atoms with E-state index in [2.05, 4.69) is 5.32 Å². The molecule has 0 fully saturated rings. The molecule has 0 aliphatic rings. The van der Waals surface area contributed by atoms with Crippen LogP contribution in [0, 0.1) is 0 Å². The summed E-state index contributed by atoms with van der Waals surface area (Å²) in [5, 5.41) is 11.9. The number of aliphatic hydroxyl groups excluding tert-OH is 1. The first-order valence-electron chi connectivity index (χ1n) is 5.11. The van der Waals surface area contributed by atoms with Crippen LogP contribution >= 0.6 is 0 Å². The van der Waals surface area contributed by atoms with Gasteiger partial charge >= 0.3 is 0 Å². The minimum absolute atomic E-state index is 0.0615. The zero-order chi connectivity index (χ0) is 12.1. The van der Waals surface area contributed by atoms with Gasteiger partial charge in [0, 0.05) is 25.7 Å². The summed E-state index contributed by atoms with van der Waals surface area (Å²) in [6.07, 6.45) is 0. The Balaban J connectivity index is 4.18. The van der Waals surface area contributed by atoms with E-state index in [1.54, 1.807) is 6.92 Å². The van der Waals surface area contributed by atoms with Gasteiger partial charge in [0.25, 0.3) is 0 Å². The molecule has 0 spiro atoms. The lowest BCUT2D eigenvalue weighted by atomic mass is 10.4. The van der Waals surface area contributed by atoms with Gasteiger partial charge in [0.05, 0.1) is 12.4 Å². The molecule has 0 rings (SSSR count). The second-order valence-corrected chi connectivity index (χ2v) is 6.12. The highest BCUT2D eigenvalue weighted by molar-refractivity contribution is 7.89. The quantitative estimate of drug-likeness (QED) is 0.635. The van der Waals surface area contributed by atoms with Crippen molar-refractivity contribution in [3.05, 3.63) is 0 Å². The predicted octanol–water partition coefficient (Wildman–Crippen LogP) is -0.373. The van der Waals surface area contributed by atoms with Crippen LogP contribution in [0.1, 0.15) is 20.8 Å². The Labute approximate surface area is 92.5 Å². The predicted molar refractivity (Wildman–Crippen MR) is 61.2 cm³/mol. The van der Waals surface area contributed by atoms with Crippen molar-refractivity contribution < 1.29 is 13.5 Å². The first-order valence-corrected chi connectivity index (χ1v) is 6.72. The van der Waals surface area contributed by atoms with E-state index >= 15 is 0 Å². The van der Waals surface area contributed by atoms with Gasteiger partial charge in [-0.3, -0.25) is 0 Å². The van der Waals surface area contributed by atoms with Gasteiger partial charge < -0.3 is 10.4 Å². The van der Waals surface area contributed by atoms with Crippen molar-refractivity contribution in [2.45, 2.75) is 32.9 Å². The number of rotatable bonds is 7. The molecular formula is C9H22N2O3S.